The highest BCUT2D eigenvalue weighted by Crippen LogP contribution is 2.31. The number of hydrogen-bond donors (Lipinski definition) is 1. The fraction of sp³-hybridized carbons (Fsp3) is 0.200. The molecule has 2 aromatic carbocycles. The normalized spacial score (nSPS) is 13.2. The lowest BCUT2D eigenvalue weighted by atomic mass is 10.1. The van der Waals surface area contributed by atoms with Crippen molar-refractivity contribution in [2.24, 2.45) is 0 Å². The zero-order chi connectivity index (χ0) is 20.4. The van der Waals surface area contributed by atoms with E-state index in [0.717, 1.165) is 16.3 Å². The van der Waals surface area contributed by atoms with Crippen LogP contribution in [0.4, 0.5) is 13.2 Å². The van der Waals surface area contributed by atoms with Gasteiger partial charge in [-0.15, -0.1) is 0 Å². The minimum Gasteiger partial charge on any atom is -0.486 e. The zero-order valence-corrected chi connectivity index (χ0v) is 15.1. The molecule has 0 fully saturated rings. The fourth-order valence-corrected chi connectivity index (χ4v) is 2.87. The number of benzene rings is 2. The van der Waals surface area contributed by atoms with Crippen LogP contribution in [0.15, 0.2) is 54.7 Å². The number of carbonyl (C=O) groups excluding carboxylic acids is 1. The molecule has 150 valence electrons. The maximum Gasteiger partial charge on any atom is 0.435 e. The zero-order valence-electron chi connectivity index (χ0n) is 15.1. The average molecular weight is 403 g/mol. The maximum absolute atomic E-state index is 12.7. The van der Waals surface area contributed by atoms with Crippen LogP contribution in [0.1, 0.15) is 21.6 Å². The van der Waals surface area contributed by atoms with Crippen LogP contribution in [0.2, 0.25) is 0 Å². The molecule has 1 aliphatic heterocycles. The van der Waals surface area contributed by atoms with Crippen LogP contribution < -0.4 is 14.8 Å². The van der Waals surface area contributed by atoms with Gasteiger partial charge in [0.15, 0.2) is 17.2 Å². The Morgan fingerprint density at radius 3 is 2.45 bits per heavy atom. The number of nitrogens with zero attached hydrogens (tertiary/aromatic N) is 2. The molecule has 0 aliphatic carbocycles. The van der Waals surface area contributed by atoms with Crippen molar-refractivity contribution in [3.8, 4) is 17.2 Å². The summed E-state index contributed by atoms with van der Waals surface area (Å²) in [6, 6.07) is 12.5. The van der Waals surface area contributed by atoms with Crippen LogP contribution in [0, 0.1) is 0 Å². The second kappa shape index (κ2) is 7.50. The first kappa shape index (κ1) is 18.9. The molecule has 0 atom stereocenters. The van der Waals surface area contributed by atoms with Crippen LogP contribution in [-0.2, 0) is 12.7 Å². The van der Waals surface area contributed by atoms with Gasteiger partial charge in [-0.25, -0.2) is 4.68 Å². The Morgan fingerprint density at radius 2 is 1.76 bits per heavy atom. The molecule has 0 spiro atoms. The van der Waals surface area contributed by atoms with Gasteiger partial charge in [0.1, 0.15) is 13.2 Å². The highest BCUT2D eigenvalue weighted by atomic mass is 19.4. The van der Waals surface area contributed by atoms with Gasteiger partial charge in [-0.05, 0) is 48.0 Å². The number of hydrogen-bond acceptors (Lipinski definition) is 4. The lowest BCUT2D eigenvalue weighted by Gasteiger charge is -2.19. The molecule has 1 aromatic heterocycles. The SMILES string of the molecule is O=C(NCc1ccc2c(c1)OCCO2)c1ccc(-n2ccc(C(F)(F)F)n2)cc1. The Balaban J connectivity index is 1.40. The fourth-order valence-electron chi connectivity index (χ4n) is 2.87. The van der Waals surface area contributed by atoms with Gasteiger partial charge in [-0.1, -0.05) is 6.07 Å². The number of fused-ring (bicyclic) bond motifs is 1. The van der Waals surface area contributed by atoms with Gasteiger partial charge < -0.3 is 14.8 Å². The van der Waals surface area contributed by atoms with Crippen molar-refractivity contribution >= 4 is 5.91 Å². The minimum atomic E-state index is -4.50. The second-order valence-corrected chi connectivity index (χ2v) is 6.35. The van der Waals surface area contributed by atoms with Crippen LogP contribution >= 0.6 is 0 Å². The lowest BCUT2D eigenvalue weighted by molar-refractivity contribution is -0.141. The van der Waals surface area contributed by atoms with E-state index in [4.69, 9.17) is 9.47 Å². The summed E-state index contributed by atoms with van der Waals surface area (Å²) in [7, 11) is 0. The number of alkyl halides is 3. The number of ether oxygens (including phenoxy) is 2. The lowest BCUT2D eigenvalue weighted by Crippen LogP contribution is -2.23. The predicted molar refractivity (Wildman–Crippen MR) is 97.2 cm³/mol. The third kappa shape index (κ3) is 4.18. The van der Waals surface area contributed by atoms with Crippen LogP contribution in [-0.4, -0.2) is 28.9 Å². The van der Waals surface area contributed by atoms with Gasteiger partial charge >= 0.3 is 6.18 Å². The molecule has 29 heavy (non-hydrogen) atoms. The number of carbonyl (C=O) groups is 1. The van der Waals surface area contributed by atoms with Gasteiger partial charge in [-0.3, -0.25) is 4.79 Å². The standard InChI is InChI=1S/C20H16F3N3O3/c21-20(22,23)18-7-8-26(25-18)15-4-2-14(3-5-15)19(27)24-12-13-1-6-16-17(11-13)29-10-9-28-16/h1-8,11H,9-10,12H2,(H,24,27). The molecule has 0 bridgehead atoms. The molecular formula is C20H16F3N3O3. The number of rotatable bonds is 4. The van der Waals surface area contributed by atoms with E-state index in [2.05, 4.69) is 10.4 Å². The van der Waals surface area contributed by atoms with Crippen LogP contribution in [0.5, 0.6) is 11.5 Å². The summed E-state index contributed by atoms with van der Waals surface area (Å²) in [6.07, 6.45) is -3.28. The van der Waals surface area contributed by atoms with Crippen molar-refractivity contribution in [2.45, 2.75) is 12.7 Å². The Hall–Kier alpha value is -3.49. The second-order valence-electron chi connectivity index (χ2n) is 6.35. The molecule has 0 radical (unpaired) electrons. The third-order valence-corrected chi connectivity index (χ3v) is 4.33. The van der Waals surface area contributed by atoms with Crippen molar-refractivity contribution in [1.82, 2.24) is 15.1 Å². The number of nitrogens with one attached hydrogen (secondary N) is 1. The van der Waals surface area contributed by atoms with E-state index in [9.17, 15) is 18.0 Å². The smallest absolute Gasteiger partial charge is 0.435 e. The monoisotopic (exact) mass is 403 g/mol. The topological polar surface area (TPSA) is 65.4 Å². The molecule has 1 aliphatic rings. The van der Waals surface area contributed by atoms with E-state index < -0.39 is 11.9 Å². The summed E-state index contributed by atoms with van der Waals surface area (Å²) >= 11 is 0. The molecule has 0 saturated heterocycles. The predicted octanol–water partition coefficient (Wildman–Crippen LogP) is 3.59. The molecular weight excluding hydrogens is 387 g/mol. The summed E-state index contributed by atoms with van der Waals surface area (Å²) in [4.78, 5) is 12.4. The third-order valence-electron chi connectivity index (χ3n) is 4.33. The molecule has 3 aromatic rings. The molecule has 0 saturated carbocycles. The van der Waals surface area contributed by atoms with E-state index in [1.807, 2.05) is 12.1 Å². The van der Waals surface area contributed by atoms with E-state index in [0.29, 0.717) is 42.5 Å². The largest absolute Gasteiger partial charge is 0.486 e. The van der Waals surface area contributed by atoms with Crippen LogP contribution in [0.3, 0.4) is 0 Å². The quantitative estimate of drug-likeness (QED) is 0.723. The Morgan fingerprint density at radius 1 is 1.03 bits per heavy atom. The summed E-state index contributed by atoms with van der Waals surface area (Å²) < 4.78 is 50.1. The van der Waals surface area contributed by atoms with Gasteiger partial charge in [0.25, 0.3) is 5.91 Å². The van der Waals surface area contributed by atoms with Gasteiger partial charge in [0.2, 0.25) is 0 Å². The van der Waals surface area contributed by atoms with Gasteiger partial charge in [0, 0.05) is 18.3 Å². The molecule has 0 unspecified atom stereocenters. The molecule has 9 heteroatoms. The highest BCUT2D eigenvalue weighted by Gasteiger charge is 2.33. The Bertz CT molecular complexity index is 1030. The summed E-state index contributed by atoms with van der Waals surface area (Å²) in [5.41, 5.74) is 0.688. The van der Waals surface area contributed by atoms with Gasteiger partial charge in [0.05, 0.1) is 5.69 Å². The first-order chi connectivity index (χ1) is 13.9. The maximum atomic E-state index is 12.7. The summed E-state index contributed by atoms with van der Waals surface area (Å²) in [5, 5.41) is 6.31. The first-order valence-corrected chi connectivity index (χ1v) is 8.80. The van der Waals surface area contributed by atoms with E-state index in [1.165, 1.54) is 30.5 Å². The number of aromatic nitrogens is 2. The summed E-state index contributed by atoms with van der Waals surface area (Å²) in [5.74, 6) is 1.02. The molecule has 2 heterocycles. The minimum absolute atomic E-state index is 0.297. The average Bonchev–Trinajstić information content (AvgIpc) is 3.23. The Labute approximate surface area is 163 Å². The first-order valence-electron chi connectivity index (χ1n) is 8.80. The highest BCUT2D eigenvalue weighted by molar-refractivity contribution is 5.94. The van der Waals surface area contributed by atoms with Crippen molar-refractivity contribution in [2.75, 3.05) is 13.2 Å². The van der Waals surface area contributed by atoms with E-state index >= 15 is 0 Å². The van der Waals surface area contributed by atoms with E-state index in [-0.39, 0.29) is 5.91 Å². The van der Waals surface area contributed by atoms with Crippen molar-refractivity contribution in [3.63, 3.8) is 0 Å². The molecule has 1 amide bonds. The number of halogens is 3. The Kier molecular flexibility index (Phi) is 4.87. The molecule has 6 nitrogen and oxygen atoms in total. The summed E-state index contributed by atoms with van der Waals surface area (Å²) in [6.45, 7) is 1.29. The molecule has 1 N–H and O–H groups in total. The van der Waals surface area contributed by atoms with Crippen molar-refractivity contribution in [3.05, 3.63) is 71.5 Å². The van der Waals surface area contributed by atoms with Crippen molar-refractivity contribution in [1.29, 1.82) is 0 Å². The molecule has 4 rings (SSSR count). The van der Waals surface area contributed by atoms with Crippen molar-refractivity contribution < 1.29 is 27.4 Å². The number of amides is 1. The van der Waals surface area contributed by atoms with Gasteiger partial charge in [-0.2, -0.15) is 18.3 Å². The van der Waals surface area contributed by atoms with Crippen LogP contribution in [0.25, 0.3) is 5.69 Å². The van der Waals surface area contributed by atoms with E-state index in [1.54, 1.807) is 6.07 Å².